The van der Waals surface area contributed by atoms with Crippen LogP contribution in [0.2, 0.25) is 0 Å². The van der Waals surface area contributed by atoms with E-state index in [-0.39, 0.29) is 6.79 Å². The Balaban J connectivity index is 1.34. The number of benzene rings is 1. The van der Waals surface area contributed by atoms with E-state index in [2.05, 4.69) is 15.0 Å². The number of fused-ring (bicyclic) bond motifs is 2. The Morgan fingerprint density at radius 1 is 1.08 bits per heavy atom. The number of ether oxygens (including phenoxy) is 2. The van der Waals surface area contributed by atoms with Crippen molar-refractivity contribution in [3.8, 4) is 22.9 Å². The Kier molecular flexibility index (Phi) is 3.43. The zero-order chi connectivity index (χ0) is 15.9. The number of aromatic nitrogens is 2. The predicted octanol–water partition coefficient (Wildman–Crippen LogP) is 3.23. The first kappa shape index (κ1) is 14.3. The van der Waals surface area contributed by atoms with Gasteiger partial charge < -0.3 is 14.0 Å². The first-order chi connectivity index (χ1) is 11.9. The summed E-state index contributed by atoms with van der Waals surface area (Å²) in [7, 11) is 0. The molecule has 1 aliphatic carbocycles. The molecule has 0 spiro atoms. The number of rotatable bonds is 3. The third-order valence-corrected chi connectivity index (χ3v) is 5.55. The van der Waals surface area contributed by atoms with E-state index in [0.717, 1.165) is 36.1 Å². The molecule has 3 heterocycles. The summed E-state index contributed by atoms with van der Waals surface area (Å²) < 4.78 is 16.3. The Morgan fingerprint density at radius 3 is 3.00 bits per heavy atom. The van der Waals surface area contributed by atoms with E-state index in [9.17, 15) is 0 Å². The van der Waals surface area contributed by atoms with Gasteiger partial charge in [-0.25, -0.2) is 0 Å². The van der Waals surface area contributed by atoms with Gasteiger partial charge in [-0.2, -0.15) is 4.98 Å². The quantitative estimate of drug-likeness (QED) is 0.862. The lowest BCUT2D eigenvalue weighted by Crippen LogP contribution is -2.41. The summed E-state index contributed by atoms with van der Waals surface area (Å²) in [5, 5.41) is 4.15. The van der Waals surface area contributed by atoms with Crippen molar-refractivity contribution in [3.05, 3.63) is 24.1 Å². The molecule has 2 unspecified atom stereocenters. The van der Waals surface area contributed by atoms with Crippen LogP contribution < -0.4 is 9.47 Å². The molecule has 3 aliphatic rings. The Hall–Kier alpha value is -2.08. The number of hydrogen-bond donors (Lipinski definition) is 0. The van der Waals surface area contributed by atoms with E-state index in [0.29, 0.717) is 17.8 Å². The number of likely N-dealkylation sites (tertiary alicyclic amines) is 1. The molecule has 2 atom stereocenters. The van der Waals surface area contributed by atoms with Crippen molar-refractivity contribution in [1.29, 1.82) is 0 Å². The molecule has 126 valence electrons. The lowest BCUT2D eigenvalue weighted by atomic mass is 9.92. The van der Waals surface area contributed by atoms with Crippen LogP contribution in [0.1, 0.15) is 38.0 Å². The van der Waals surface area contributed by atoms with Crippen LogP contribution in [-0.4, -0.2) is 34.4 Å². The SMILES string of the molecule is c1cc2c(cc1-c1noc(CN3CCCC4CCCC43)n1)OCO2. The van der Waals surface area contributed by atoms with Crippen molar-refractivity contribution in [2.75, 3.05) is 13.3 Å². The maximum absolute atomic E-state index is 5.51. The second kappa shape index (κ2) is 5.77. The molecule has 1 saturated heterocycles. The molecule has 6 heteroatoms. The summed E-state index contributed by atoms with van der Waals surface area (Å²) >= 11 is 0. The highest BCUT2D eigenvalue weighted by Gasteiger charge is 2.35. The third kappa shape index (κ3) is 2.45. The number of nitrogens with zero attached hydrogens (tertiary/aromatic N) is 3. The lowest BCUT2D eigenvalue weighted by molar-refractivity contribution is 0.0933. The van der Waals surface area contributed by atoms with E-state index in [1.165, 1.54) is 32.1 Å². The fourth-order valence-electron chi connectivity index (χ4n) is 4.40. The van der Waals surface area contributed by atoms with E-state index < -0.39 is 0 Å². The van der Waals surface area contributed by atoms with Crippen LogP contribution in [0.15, 0.2) is 22.7 Å². The maximum Gasteiger partial charge on any atom is 0.241 e. The average molecular weight is 327 g/mol. The number of piperidine rings is 1. The highest BCUT2D eigenvalue weighted by molar-refractivity contribution is 5.61. The van der Waals surface area contributed by atoms with Crippen LogP contribution in [0.4, 0.5) is 0 Å². The highest BCUT2D eigenvalue weighted by atomic mass is 16.7. The van der Waals surface area contributed by atoms with E-state index in [1.807, 2.05) is 18.2 Å². The van der Waals surface area contributed by atoms with Crippen molar-refractivity contribution in [1.82, 2.24) is 15.0 Å². The molecule has 0 radical (unpaired) electrons. The molecule has 1 saturated carbocycles. The molecule has 2 aromatic rings. The van der Waals surface area contributed by atoms with Crippen molar-refractivity contribution in [2.24, 2.45) is 5.92 Å². The second-order valence-corrected chi connectivity index (χ2v) is 6.95. The Labute approximate surface area is 140 Å². The van der Waals surface area contributed by atoms with Crippen LogP contribution in [0.3, 0.4) is 0 Å². The van der Waals surface area contributed by atoms with Crippen molar-refractivity contribution in [2.45, 2.75) is 44.7 Å². The van der Waals surface area contributed by atoms with Crippen molar-refractivity contribution in [3.63, 3.8) is 0 Å². The van der Waals surface area contributed by atoms with Crippen molar-refractivity contribution >= 4 is 0 Å². The first-order valence-electron chi connectivity index (χ1n) is 8.83. The summed E-state index contributed by atoms with van der Waals surface area (Å²) in [6.45, 7) is 2.18. The maximum atomic E-state index is 5.51. The first-order valence-corrected chi connectivity index (χ1v) is 8.83. The van der Waals surface area contributed by atoms with Crippen LogP contribution in [0.25, 0.3) is 11.4 Å². The standard InChI is InChI=1S/C18H21N3O3/c1-3-12-4-2-8-21(14(12)5-1)10-17-19-18(20-24-17)13-6-7-15-16(9-13)23-11-22-15/h6-7,9,12,14H,1-5,8,10-11H2. The minimum atomic E-state index is 0.272. The van der Waals surface area contributed by atoms with Gasteiger partial charge >= 0.3 is 0 Å². The van der Waals surface area contributed by atoms with E-state index >= 15 is 0 Å². The topological polar surface area (TPSA) is 60.6 Å². The summed E-state index contributed by atoms with van der Waals surface area (Å²) in [5.74, 6) is 3.69. The fraction of sp³-hybridized carbons (Fsp3) is 0.556. The van der Waals surface area contributed by atoms with Gasteiger partial charge in [-0.3, -0.25) is 4.90 Å². The monoisotopic (exact) mass is 327 g/mol. The molecule has 0 bridgehead atoms. The van der Waals surface area contributed by atoms with E-state index in [4.69, 9.17) is 14.0 Å². The minimum Gasteiger partial charge on any atom is -0.454 e. The molecular formula is C18H21N3O3. The average Bonchev–Trinajstić information content (AvgIpc) is 3.34. The molecule has 0 amide bonds. The summed E-state index contributed by atoms with van der Waals surface area (Å²) in [6, 6.07) is 6.45. The van der Waals surface area contributed by atoms with Gasteiger partial charge in [0.1, 0.15) is 0 Å². The zero-order valence-corrected chi connectivity index (χ0v) is 13.6. The Bertz CT molecular complexity index is 745. The molecule has 2 fully saturated rings. The second-order valence-electron chi connectivity index (χ2n) is 6.95. The number of hydrogen-bond acceptors (Lipinski definition) is 6. The zero-order valence-electron chi connectivity index (χ0n) is 13.6. The van der Waals surface area contributed by atoms with Gasteiger partial charge in [-0.1, -0.05) is 11.6 Å². The van der Waals surface area contributed by atoms with Crippen LogP contribution in [-0.2, 0) is 6.54 Å². The molecule has 1 aromatic heterocycles. The third-order valence-electron chi connectivity index (χ3n) is 5.55. The molecule has 6 nitrogen and oxygen atoms in total. The normalized spacial score (nSPS) is 25.8. The van der Waals surface area contributed by atoms with Crippen molar-refractivity contribution < 1.29 is 14.0 Å². The van der Waals surface area contributed by atoms with Crippen LogP contribution in [0, 0.1) is 5.92 Å². The molecule has 2 aliphatic heterocycles. The van der Waals surface area contributed by atoms with E-state index in [1.54, 1.807) is 0 Å². The van der Waals surface area contributed by atoms with Gasteiger partial charge in [0.05, 0.1) is 6.54 Å². The van der Waals surface area contributed by atoms with Gasteiger partial charge in [0, 0.05) is 11.6 Å². The predicted molar refractivity (Wildman–Crippen MR) is 86.6 cm³/mol. The minimum absolute atomic E-state index is 0.272. The summed E-state index contributed by atoms with van der Waals surface area (Å²) in [4.78, 5) is 7.14. The highest BCUT2D eigenvalue weighted by Crippen LogP contribution is 2.38. The summed E-state index contributed by atoms with van der Waals surface area (Å²) in [6.07, 6.45) is 6.72. The molecule has 5 rings (SSSR count). The molecule has 0 N–H and O–H groups in total. The summed E-state index contributed by atoms with van der Waals surface area (Å²) in [5.41, 5.74) is 0.895. The van der Waals surface area contributed by atoms with Crippen LogP contribution in [0.5, 0.6) is 11.5 Å². The molecular weight excluding hydrogens is 306 g/mol. The fourth-order valence-corrected chi connectivity index (χ4v) is 4.40. The van der Waals surface area contributed by atoms with Gasteiger partial charge in [0.15, 0.2) is 11.5 Å². The van der Waals surface area contributed by atoms with Gasteiger partial charge in [0.2, 0.25) is 18.5 Å². The lowest BCUT2D eigenvalue weighted by Gasteiger charge is -2.36. The van der Waals surface area contributed by atoms with Gasteiger partial charge in [0.25, 0.3) is 0 Å². The van der Waals surface area contributed by atoms with Gasteiger partial charge in [-0.05, 0) is 56.3 Å². The smallest absolute Gasteiger partial charge is 0.241 e. The molecule has 24 heavy (non-hydrogen) atoms. The Morgan fingerprint density at radius 2 is 2.00 bits per heavy atom. The molecule has 1 aromatic carbocycles. The largest absolute Gasteiger partial charge is 0.454 e. The van der Waals surface area contributed by atoms with Crippen LogP contribution >= 0.6 is 0 Å². The van der Waals surface area contributed by atoms with Gasteiger partial charge in [-0.15, -0.1) is 0 Å².